The van der Waals surface area contributed by atoms with Crippen LogP contribution >= 0.6 is 22.9 Å². The standard InChI is InChI=1S/C13H16ClN3O2S2/c1-17(2)11(12-4-3-7-20-12)9-16-21(18,19)10-5-6-13(14)15-8-10/h3-8,11,16H,9H2,1-2H3. The van der Waals surface area contributed by atoms with E-state index in [0.29, 0.717) is 6.54 Å². The number of likely N-dealkylation sites (N-methyl/N-ethyl adjacent to an activating group) is 1. The molecule has 2 aromatic rings. The minimum Gasteiger partial charge on any atom is -0.300 e. The van der Waals surface area contributed by atoms with Crippen LogP contribution in [0.4, 0.5) is 0 Å². The highest BCUT2D eigenvalue weighted by Gasteiger charge is 2.20. The van der Waals surface area contributed by atoms with Gasteiger partial charge in [0.25, 0.3) is 0 Å². The van der Waals surface area contributed by atoms with Crippen LogP contribution in [0.3, 0.4) is 0 Å². The summed E-state index contributed by atoms with van der Waals surface area (Å²) >= 11 is 7.27. The molecule has 0 aliphatic rings. The van der Waals surface area contributed by atoms with Gasteiger partial charge in [-0.2, -0.15) is 0 Å². The quantitative estimate of drug-likeness (QED) is 0.816. The van der Waals surface area contributed by atoms with Gasteiger partial charge in [0.05, 0.1) is 6.04 Å². The summed E-state index contributed by atoms with van der Waals surface area (Å²) in [5.74, 6) is 0. The van der Waals surface area contributed by atoms with Gasteiger partial charge in [0.1, 0.15) is 10.0 Å². The summed E-state index contributed by atoms with van der Waals surface area (Å²) in [6, 6.07) is 6.83. The molecular formula is C13H16ClN3O2S2. The summed E-state index contributed by atoms with van der Waals surface area (Å²) in [6.07, 6.45) is 1.25. The third-order valence-corrected chi connectivity index (χ3v) is 5.58. The van der Waals surface area contributed by atoms with Crippen molar-refractivity contribution in [3.05, 3.63) is 45.9 Å². The molecule has 1 atom stereocenters. The highest BCUT2D eigenvalue weighted by molar-refractivity contribution is 7.89. The lowest BCUT2D eigenvalue weighted by Gasteiger charge is -2.23. The third-order valence-electron chi connectivity index (χ3n) is 2.97. The molecule has 8 heteroatoms. The Morgan fingerprint density at radius 1 is 1.38 bits per heavy atom. The van der Waals surface area contributed by atoms with Gasteiger partial charge in [-0.1, -0.05) is 17.7 Å². The van der Waals surface area contributed by atoms with Crippen molar-refractivity contribution in [2.75, 3.05) is 20.6 Å². The average Bonchev–Trinajstić information content (AvgIpc) is 2.93. The van der Waals surface area contributed by atoms with Gasteiger partial charge in [0.15, 0.2) is 0 Å². The predicted octanol–water partition coefficient (Wildman–Crippen LogP) is 2.38. The van der Waals surface area contributed by atoms with Crippen molar-refractivity contribution in [2.45, 2.75) is 10.9 Å². The fourth-order valence-electron chi connectivity index (χ4n) is 1.81. The molecule has 114 valence electrons. The van der Waals surface area contributed by atoms with Gasteiger partial charge in [-0.15, -0.1) is 11.3 Å². The molecule has 0 saturated heterocycles. The van der Waals surface area contributed by atoms with Crippen LogP contribution < -0.4 is 4.72 Å². The smallest absolute Gasteiger partial charge is 0.242 e. The van der Waals surface area contributed by atoms with E-state index in [9.17, 15) is 8.42 Å². The lowest BCUT2D eigenvalue weighted by Crippen LogP contribution is -2.34. The van der Waals surface area contributed by atoms with Crippen molar-refractivity contribution < 1.29 is 8.42 Å². The monoisotopic (exact) mass is 345 g/mol. The number of nitrogens with zero attached hydrogens (tertiary/aromatic N) is 2. The highest BCUT2D eigenvalue weighted by atomic mass is 35.5. The van der Waals surface area contributed by atoms with Crippen molar-refractivity contribution in [3.63, 3.8) is 0 Å². The molecule has 0 amide bonds. The molecule has 1 N–H and O–H groups in total. The van der Waals surface area contributed by atoms with E-state index < -0.39 is 10.0 Å². The average molecular weight is 346 g/mol. The number of pyridine rings is 1. The molecule has 0 radical (unpaired) electrons. The summed E-state index contributed by atoms with van der Waals surface area (Å²) in [4.78, 5) is 6.99. The van der Waals surface area contributed by atoms with Gasteiger partial charge in [0, 0.05) is 17.6 Å². The molecule has 2 rings (SSSR count). The Morgan fingerprint density at radius 2 is 2.14 bits per heavy atom. The van der Waals surface area contributed by atoms with Crippen LogP contribution in [0.2, 0.25) is 5.15 Å². The van der Waals surface area contributed by atoms with E-state index >= 15 is 0 Å². The molecule has 0 aliphatic heterocycles. The second-order valence-electron chi connectivity index (χ2n) is 4.66. The van der Waals surface area contributed by atoms with E-state index in [-0.39, 0.29) is 16.1 Å². The van der Waals surface area contributed by atoms with Gasteiger partial charge >= 0.3 is 0 Å². The fraction of sp³-hybridized carbons (Fsp3) is 0.308. The van der Waals surface area contributed by atoms with Gasteiger partial charge < -0.3 is 4.90 Å². The van der Waals surface area contributed by atoms with E-state index in [1.54, 1.807) is 11.3 Å². The van der Waals surface area contributed by atoms with Crippen LogP contribution in [-0.4, -0.2) is 38.9 Å². The SMILES string of the molecule is CN(C)C(CNS(=O)(=O)c1ccc(Cl)nc1)c1cccs1. The molecule has 5 nitrogen and oxygen atoms in total. The molecular weight excluding hydrogens is 330 g/mol. The summed E-state index contributed by atoms with van der Waals surface area (Å²) < 4.78 is 27.1. The number of aromatic nitrogens is 1. The molecule has 0 aliphatic carbocycles. The number of halogens is 1. The summed E-state index contributed by atoms with van der Waals surface area (Å²) in [5, 5.41) is 2.24. The molecule has 21 heavy (non-hydrogen) atoms. The largest absolute Gasteiger partial charge is 0.300 e. The molecule has 2 aromatic heterocycles. The van der Waals surface area contributed by atoms with Crippen molar-refractivity contribution in [1.29, 1.82) is 0 Å². The van der Waals surface area contributed by atoms with Crippen LogP contribution in [0, 0.1) is 0 Å². The zero-order valence-electron chi connectivity index (χ0n) is 11.7. The maximum atomic E-state index is 12.2. The van der Waals surface area contributed by atoms with Crippen molar-refractivity contribution in [1.82, 2.24) is 14.6 Å². The fourth-order valence-corrected chi connectivity index (χ4v) is 3.83. The number of thiophene rings is 1. The topological polar surface area (TPSA) is 62.3 Å². The number of hydrogen-bond donors (Lipinski definition) is 1. The van der Waals surface area contributed by atoms with Gasteiger partial charge in [-0.3, -0.25) is 0 Å². The minimum absolute atomic E-state index is 0.0139. The second-order valence-corrected chi connectivity index (χ2v) is 7.80. The Bertz CT molecular complexity index is 670. The summed E-state index contributed by atoms with van der Waals surface area (Å²) in [7, 11) is 0.248. The number of hydrogen-bond acceptors (Lipinski definition) is 5. The first-order valence-electron chi connectivity index (χ1n) is 6.21. The maximum Gasteiger partial charge on any atom is 0.242 e. The van der Waals surface area contributed by atoms with E-state index in [4.69, 9.17) is 11.6 Å². The van der Waals surface area contributed by atoms with Crippen LogP contribution in [0.1, 0.15) is 10.9 Å². The first-order valence-corrected chi connectivity index (χ1v) is 8.95. The van der Waals surface area contributed by atoms with Crippen LogP contribution in [0.15, 0.2) is 40.7 Å². The van der Waals surface area contributed by atoms with E-state index in [1.807, 2.05) is 36.5 Å². The van der Waals surface area contributed by atoms with Gasteiger partial charge in [0.2, 0.25) is 10.0 Å². The molecule has 0 bridgehead atoms. The van der Waals surface area contributed by atoms with Crippen molar-refractivity contribution in [2.24, 2.45) is 0 Å². The number of rotatable bonds is 6. The molecule has 0 saturated carbocycles. The molecule has 2 heterocycles. The zero-order chi connectivity index (χ0) is 15.5. The van der Waals surface area contributed by atoms with Crippen molar-refractivity contribution >= 4 is 33.0 Å². The van der Waals surface area contributed by atoms with Crippen molar-refractivity contribution in [3.8, 4) is 0 Å². The van der Waals surface area contributed by atoms with Gasteiger partial charge in [-0.05, 0) is 37.7 Å². The summed E-state index contributed by atoms with van der Waals surface area (Å²) in [6.45, 7) is 0.290. The van der Waals surface area contributed by atoms with Crippen LogP contribution in [-0.2, 0) is 10.0 Å². The number of sulfonamides is 1. The van der Waals surface area contributed by atoms with Gasteiger partial charge in [-0.25, -0.2) is 18.1 Å². The lowest BCUT2D eigenvalue weighted by molar-refractivity contribution is 0.303. The molecule has 0 spiro atoms. The minimum atomic E-state index is -3.59. The molecule has 1 unspecified atom stereocenters. The first-order chi connectivity index (χ1) is 9.90. The van der Waals surface area contributed by atoms with E-state index in [0.717, 1.165) is 4.88 Å². The zero-order valence-corrected chi connectivity index (χ0v) is 14.0. The Morgan fingerprint density at radius 3 is 2.67 bits per heavy atom. The van der Waals surface area contributed by atoms with E-state index in [2.05, 4.69) is 9.71 Å². The molecule has 0 aromatic carbocycles. The third kappa shape index (κ3) is 4.24. The Hall–Kier alpha value is -0.990. The normalized spacial score (nSPS) is 13.5. The Labute approximate surface area is 133 Å². The Kier molecular flexibility index (Phi) is 5.34. The summed E-state index contributed by atoms with van der Waals surface area (Å²) in [5.41, 5.74) is 0. The van der Waals surface area contributed by atoms with Crippen LogP contribution in [0.25, 0.3) is 0 Å². The second kappa shape index (κ2) is 6.85. The predicted molar refractivity (Wildman–Crippen MR) is 85.2 cm³/mol. The highest BCUT2D eigenvalue weighted by Crippen LogP contribution is 2.23. The lowest BCUT2D eigenvalue weighted by atomic mass is 10.2. The number of nitrogens with one attached hydrogen (secondary N) is 1. The Balaban J connectivity index is 2.11. The maximum absolute atomic E-state index is 12.2. The first kappa shape index (κ1) is 16.4. The molecule has 0 fully saturated rings. The van der Waals surface area contributed by atoms with Crippen LogP contribution in [0.5, 0.6) is 0 Å². The van der Waals surface area contributed by atoms with E-state index in [1.165, 1.54) is 18.3 Å².